The molecule has 6 heteroatoms. The summed E-state index contributed by atoms with van der Waals surface area (Å²) in [5, 5.41) is 0. The molecule has 26 heavy (non-hydrogen) atoms. The molecule has 0 saturated heterocycles. The number of hydrogen-bond donors (Lipinski definition) is 0. The molecule has 0 fully saturated rings. The fraction of sp³-hybridized carbons (Fsp3) is 0.300. The van der Waals surface area contributed by atoms with Gasteiger partial charge < -0.3 is 14.4 Å². The highest BCUT2D eigenvalue weighted by Gasteiger charge is 2.23. The highest BCUT2D eigenvalue weighted by atomic mass is 32.1. The first-order valence-corrected chi connectivity index (χ1v) is 9.25. The van der Waals surface area contributed by atoms with Gasteiger partial charge in [0.1, 0.15) is 17.2 Å². The van der Waals surface area contributed by atoms with Crippen LogP contribution in [0.3, 0.4) is 0 Å². The number of benzene rings is 1. The molecule has 0 saturated carbocycles. The van der Waals surface area contributed by atoms with Gasteiger partial charge in [0.15, 0.2) is 6.61 Å². The number of carbonyl (C=O) groups is 2. The van der Waals surface area contributed by atoms with Crippen LogP contribution in [0, 0.1) is 0 Å². The summed E-state index contributed by atoms with van der Waals surface area (Å²) in [6.45, 7) is 8.73. The van der Waals surface area contributed by atoms with Crippen molar-refractivity contribution in [1.82, 2.24) is 4.90 Å². The van der Waals surface area contributed by atoms with Crippen molar-refractivity contribution >= 4 is 23.2 Å². The van der Waals surface area contributed by atoms with Crippen LogP contribution in [0.2, 0.25) is 0 Å². The summed E-state index contributed by atoms with van der Waals surface area (Å²) in [5.74, 6) is 0.107. The Morgan fingerprint density at radius 3 is 2.85 bits per heavy atom. The van der Waals surface area contributed by atoms with Crippen LogP contribution >= 0.6 is 11.3 Å². The number of esters is 1. The van der Waals surface area contributed by atoms with Crippen LogP contribution in [0.15, 0.2) is 42.5 Å². The topological polar surface area (TPSA) is 55.8 Å². The molecule has 0 N–H and O–H groups in total. The maximum atomic E-state index is 12.4. The number of hydrogen-bond acceptors (Lipinski definition) is 5. The number of thiophene rings is 1. The smallest absolute Gasteiger partial charge is 0.348 e. The summed E-state index contributed by atoms with van der Waals surface area (Å²) in [4.78, 5) is 27.7. The van der Waals surface area contributed by atoms with Crippen LogP contribution in [-0.4, -0.2) is 36.5 Å². The number of fused-ring (bicyclic) bond motifs is 3. The molecule has 136 valence electrons. The minimum atomic E-state index is -0.485. The molecular formula is C20H21NO4S. The molecule has 0 unspecified atom stereocenters. The number of para-hydroxylation sites is 1. The average Bonchev–Trinajstić information content (AvgIpc) is 3.08. The summed E-state index contributed by atoms with van der Waals surface area (Å²) in [5.41, 5.74) is 2.83. The van der Waals surface area contributed by atoms with Gasteiger partial charge in [0, 0.05) is 29.1 Å². The van der Waals surface area contributed by atoms with Crippen LogP contribution in [0.5, 0.6) is 5.75 Å². The number of likely N-dealkylation sites (N-methyl/N-ethyl adjacent to an activating group) is 1. The lowest BCUT2D eigenvalue weighted by Gasteiger charge is -2.20. The Kier molecular flexibility index (Phi) is 5.42. The largest absolute Gasteiger partial charge is 0.488 e. The van der Waals surface area contributed by atoms with Crippen molar-refractivity contribution in [2.45, 2.75) is 20.5 Å². The van der Waals surface area contributed by atoms with Gasteiger partial charge >= 0.3 is 5.97 Å². The number of carbonyl (C=O) groups excluding carboxylic acids is 2. The van der Waals surface area contributed by atoms with E-state index in [2.05, 4.69) is 6.58 Å². The van der Waals surface area contributed by atoms with Crippen molar-refractivity contribution in [3.63, 3.8) is 0 Å². The van der Waals surface area contributed by atoms with Crippen molar-refractivity contribution in [1.29, 1.82) is 0 Å². The maximum absolute atomic E-state index is 12.4. The molecule has 0 aliphatic carbocycles. The Morgan fingerprint density at radius 1 is 1.35 bits per heavy atom. The van der Waals surface area contributed by atoms with Crippen molar-refractivity contribution in [3.8, 4) is 16.2 Å². The van der Waals surface area contributed by atoms with Gasteiger partial charge in [-0.1, -0.05) is 24.3 Å². The standard InChI is InChI=1S/C20H21NO4S/c1-4-21(10-13(2)3)18(22)12-25-20(23)17-9-14-11-24-16-8-6-5-7-15(16)19(14)26-17/h5-9H,2,4,10-12H2,1,3H3. The van der Waals surface area contributed by atoms with Crippen molar-refractivity contribution in [2.75, 3.05) is 19.7 Å². The second-order valence-corrected chi connectivity index (χ2v) is 7.24. The summed E-state index contributed by atoms with van der Waals surface area (Å²) >= 11 is 1.37. The van der Waals surface area contributed by atoms with E-state index in [0.29, 0.717) is 24.6 Å². The molecule has 1 aliphatic heterocycles. The Bertz CT molecular complexity index is 855. The molecule has 0 spiro atoms. The third kappa shape index (κ3) is 3.80. The molecule has 1 amide bonds. The van der Waals surface area contributed by atoms with E-state index in [0.717, 1.165) is 27.3 Å². The number of ether oxygens (including phenoxy) is 2. The van der Waals surface area contributed by atoms with Gasteiger partial charge in [0.25, 0.3) is 5.91 Å². The average molecular weight is 371 g/mol. The monoisotopic (exact) mass is 371 g/mol. The van der Waals surface area contributed by atoms with E-state index in [9.17, 15) is 9.59 Å². The van der Waals surface area contributed by atoms with E-state index in [4.69, 9.17) is 9.47 Å². The molecule has 2 aromatic rings. The molecule has 0 radical (unpaired) electrons. The van der Waals surface area contributed by atoms with Crippen molar-refractivity contribution < 1.29 is 19.1 Å². The predicted octanol–water partition coefficient (Wildman–Crippen LogP) is 3.89. The van der Waals surface area contributed by atoms with Crippen LogP contribution in [0.4, 0.5) is 0 Å². The van der Waals surface area contributed by atoms with E-state index < -0.39 is 5.97 Å². The fourth-order valence-corrected chi connectivity index (χ4v) is 3.88. The molecule has 1 aromatic heterocycles. The van der Waals surface area contributed by atoms with Crippen molar-refractivity contribution in [3.05, 3.63) is 52.9 Å². The molecule has 1 aromatic carbocycles. The predicted molar refractivity (Wildman–Crippen MR) is 101 cm³/mol. The normalized spacial score (nSPS) is 11.8. The Hall–Kier alpha value is -2.60. The number of amides is 1. The fourth-order valence-electron chi connectivity index (χ4n) is 2.79. The lowest BCUT2D eigenvalue weighted by molar-refractivity contribution is -0.133. The van der Waals surface area contributed by atoms with Gasteiger partial charge in [-0.2, -0.15) is 0 Å². The third-order valence-corrected chi connectivity index (χ3v) is 5.24. The summed E-state index contributed by atoms with van der Waals surface area (Å²) < 4.78 is 10.9. The molecule has 3 rings (SSSR count). The van der Waals surface area contributed by atoms with Crippen LogP contribution in [0.1, 0.15) is 29.1 Å². The molecule has 5 nitrogen and oxygen atoms in total. The van der Waals surface area contributed by atoms with Crippen LogP contribution in [0.25, 0.3) is 10.4 Å². The second-order valence-electron chi connectivity index (χ2n) is 6.19. The zero-order chi connectivity index (χ0) is 18.7. The van der Waals surface area contributed by atoms with Gasteiger partial charge in [-0.05, 0) is 32.0 Å². The van der Waals surface area contributed by atoms with Gasteiger partial charge in [-0.15, -0.1) is 11.3 Å². The van der Waals surface area contributed by atoms with Gasteiger partial charge in [-0.3, -0.25) is 4.79 Å². The van der Waals surface area contributed by atoms with Crippen molar-refractivity contribution in [2.24, 2.45) is 0 Å². The van der Waals surface area contributed by atoms with E-state index in [1.54, 1.807) is 11.0 Å². The SMILES string of the molecule is C=C(C)CN(CC)C(=O)COC(=O)c1cc2c(s1)-c1ccccc1OC2. The Labute approximate surface area is 156 Å². The number of nitrogens with zero attached hydrogens (tertiary/aromatic N) is 1. The minimum absolute atomic E-state index is 0.223. The first-order chi connectivity index (χ1) is 12.5. The second kappa shape index (κ2) is 7.74. The molecular weight excluding hydrogens is 350 g/mol. The first kappa shape index (κ1) is 18.2. The lowest BCUT2D eigenvalue weighted by Crippen LogP contribution is -2.35. The van der Waals surface area contributed by atoms with E-state index in [1.807, 2.05) is 38.1 Å². The maximum Gasteiger partial charge on any atom is 0.348 e. The summed E-state index contributed by atoms with van der Waals surface area (Å²) in [6.07, 6.45) is 0. The summed E-state index contributed by atoms with van der Waals surface area (Å²) in [7, 11) is 0. The summed E-state index contributed by atoms with van der Waals surface area (Å²) in [6, 6.07) is 9.53. The lowest BCUT2D eigenvalue weighted by atomic mass is 10.1. The molecule has 1 aliphatic rings. The van der Waals surface area contributed by atoms with E-state index >= 15 is 0 Å². The van der Waals surface area contributed by atoms with Crippen LogP contribution in [-0.2, 0) is 16.1 Å². The first-order valence-electron chi connectivity index (χ1n) is 8.43. The Balaban J connectivity index is 1.68. The zero-order valence-corrected chi connectivity index (χ0v) is 15.7. The molecule has 0 atom stereocenters. The quantitative estimate of drug-likeness (QED) is 0.571. The zero-order valence-electron chi connectivity index (χ0n) is 14.9. The molecule has 2 heterocycles. The third-order valence-electron chi connectivity index (χ3n) is 4.05. The highest BCUT2D eigenvalue weighted by Crippen LogP contribution is 2.42. The number of rotatable bonds is 6. The van der Waals surface area contributed by atoms with Crippen LogP contribution < -0.4 is 4.74 Å². The minimum Gasteiger partial charge on any atom is -0.488 e. The van der Waals surface area contributed by atoms with E-state index in [1.165, 1.54) is 11.3 Å². The van der Waals surface area contributed by atoms with E-state index in [-0.39, 0.29) is 12.5 Å². The molecule has 0 bridgehead atoms. The van der Waals surface area contributed by atoms with Gasteiger partial charge in [-0.25, -0.2) is 4.79 Å². The Morgan fingerprint density at radius 2 is 2.12 bits per heavy atom. The highest BCUT2D eigenvalue weighted by molar-refractivity contribution is 7.17. The van der Waals surface area contributed by atoms with Gasteiger partial charge in [0.2, 0.25) is 0 Å². The van der Waals surface area contributed by atoms with Gasteiger partial charge in [0.05, 0.1) is 0 Å².